The van der Waals surface area contributed by atoms with Gasteiger partial charge in [0.05, 0.1) is 11.8 Å². The van der Waals surface area contributed by atoms with Crippen molar-refractivity contribution in [1.82, 2.24) is 19.4 Å². The van der Waals surface area contributed by atoms with Crippen molar-refractivity contribution in [3.63, 3.8) is 0 Å². The Morgan fingerprint density at radius 1 is 1.38 bits per heavy atom. The van der Waals surface area contributed by atoms with Gasteiger partial charge in [0.1, 0.15) is 4.88 Å². The molecule has 0 aliphatic carbocycles. The molecule has 2 heterocycles. The van der Waals surface area contributed by atoms with E-state index in [4.69, 9.17) is 0 Å². The van der Waals surface area contributed by atoms with Crippen molar-refractivity contribution in [2.24, 2.45) is 0 Å². The Kier molecular flexibility index (Phi) is 7.51. The van der Waals surface area contributed by atoms with E-state index in [-0.39, 0.29) is 24.4 Å². The summed E-state index contributed by atoms with van der Waals surface area (Å²) < 4.78 is 3.91. The first kappa shape index (κ1) is 18.3. The second-order valence-corrected chi connectivity index (χ2v) is 5.99. The number of aromatic nitrogens is 2. The van der Waals surface area contributed by atoms with Gasteiger partial charge in [-0.1, -0.05) is 17.8 Å². The van der Waals surface area contributed by atoms with Crippen LogP contribution in [-0.2, 0) is 6.42 Å². The molecule has 1 atom stereocenters. The van der Waals surface area contributed by atoms with Crippen molar-refractivity contribution < 1.29 is 9.90 Å². The van der Waals surface area contributed by atoms with Crippen LogP contribution in [-0.4, -0.2) is 69.2 Å². The smallest absolute Gasteiger partial charge is 0.267 e. The Hall–Kier alpha value is -0.760. The Labute approximate surface area is 135 Å². The summed E-state index contributed by atoms with van der Waals surface area (Å²) in [6, 6.07) is 0. The first-order chi connectivity index (χ1) is 9.61. The average molecular weight is 335 g/mol. The van der Waals surface area contributed by atoms with Crippen molar-refractivity contribution in [3.05, 3.63) is 10.6 Å². The van der Waals surface area contributed by atoms with Crippen molar-refractivity contribution in [1.29, 1.82) is 0 Å². The first-order valence-corrected chi connectivity index (χ1v) is 7.90. The SMILES string of the molecule is CCCc1nnsc1C(=O)N1CCN(CC(C)O)CC1.Cl. The number of piperazine rings is 1. The number of hydrogen-bond acceptors (Lipinski definition) is 6. The molecule has 0 aromatic carbocycles. The zero-order valence-electron chi connectivity index (χ0n) is 12.5. The largest absolute Gasteiger partial charge is 0.392 e. The number of carbonyl (C=O) groups is 1. The molecule has 1 amide bonds. The molecule has 1 aliphatic rings. The van der Waals surface area contributed by atoms with E-state index in [2.05, 4.69) is 21.4 Å². The van der Waals surface area contributed by atoms with Crippen LogP contribution in [0.4, 0.5) is 0 Å². The van der Waals surface area contributed by atoms with Crippen LogP contribution in [0.2, 0.25) is 0 Å². The van der Waals surface area contributed by atoms with Gasteiger partial charge in [-0.15, -0.1) is 17.5 Å². The standard InChI is InChI=1S/C13H22N4O2S.ClH/c1-3-4-11-12(20-15-14-11)13(19)17-7-5-16(6-8-17)9-10(2)18;/h10,18H,3-9H2,1-2H3;1H. The molecule has 0 saturated carbocycles. The Bertz CT molecular complexity index is 447. The van der Waals surface area contributed by atoms with Gasteiger partial charge >= 0.3 is 0 Å². The average Bonchev–Trinajstić information content (AvgIpc) is 2.87. The van der Waals surface area contributed by atoms with Gasteiger partial charge in [0.25, 0.3) is 5.91 Å². The minimum absolute atomic E-state index is 0. The quantitative estimate of drug-likeness (QED) is 0.871. The number of amides is 1. The summed E-state index contributed by atoms with van der Waals surface area (Å²) >= 11 is 1.20. The number of hydrogen-bond donors (Lipinski definition) is 1. The number of β-amino-alcohol motifs (C(OH)–C–C–N with tert-alkyl or cyclic N) is 1. The van der Waals surface area contributed by atoms with Crippen LogP contribution < -0.4 is 0 Å². The van der Waals surface area contributed by atoms with Gasteiger partial charge in [0.2, 0.25) is 0 Å². The molecule has 8 heteroatoms. The van der Waals surface area contributed by atoms with E-state index in [1.807, 2.05) is 4.90 Å². The Morgan fingerprint density at radius 3 is 2.62 bits per heavy atom. The molecule has 0 spiro atoms. The van der Waals surface area contributed by atoms with E-state index in [1.165, 1.54) is 11.5 Å². The van der Waals surface area contributed by atoms with E-state index < -0.39 is 0 Å². The predicted octanol–water partition coefficient (Wildman–Crippen LogP) is 1.05. The lowest BCUT2D eigenvalue weighted by molar-refractivity contribution is 0.0557. The second kappa shape index (κ2) is 8.63. The molecule has 0 bridgehead atoms. The third-order valence-electron chi connectivity index (χ3n) is 3.42. The van der Waals surface area contributed by atoms with Crippen molar-refractivity contribution in [3.8, 4) is 0 Å². The molecule has 21 heavy (non-hydrogen) atoms. The van der Waals surface area contributed by atoms with E-state index in [0.29, 0.717) is 24.5 Å². The summed E-state index contributed by atoms with van der Waals surface area (Å²) in [4.78, 5) is 17.2. The minimum atomic E-state index is -0.320. The minimum Gasteiger partial charge on any atom is -0.392 e. The van der Waals surface area contributed by atoms with Gasteiger partial charge < -0.3 is 10.0 Å². The number of halogens is 1. The van der Waals surface area contributed by atoms with Crippen LogP contribution in [0, 0.1) is 0 Å². The zero-order valence-corrected chi connectivity index (χ0v) is 14.1. The molecule has 1 fully saturated rings. The summed E-state index contributed by atoms with van der Waals surface area (Å²) in [6.07, 6.45) is 1.45. The fourth-order valence-electron chi connectivity index (χ4n) is 2.42. The van der Waals surface area contributed by atoms with E-state index in [0.717, 1.165) is 31.6 Å². The van der Waals surface area contributed by atoms with Crippen LogP contribution in [0.5, 0.6) is 0 Å². The van der Waals surface area contributed by atoms with Crippen molar-refractivity contribution >= 4 is 29.8 Å². The topological polar surface area (TPSA) is 69.6 Å². The van der Waals surface area contributed by atoms with E-state index in [9.17, 15) is 9.90 Å². The molecule has 2 rings (SSSR count). The van der Waals surface area contributed by atoms with Crippen LogP contribution in [0.15, 0.2) is 0 Å². The number of carbonyl (C=O) groups excluding carboxylic acids is 1. The van der Waals surface area contributed by atoms with Gasteiger partial charge in [-0.05, 0) is 24.9 Å². The monoisotopic (exact) mass is 334 g/mol. The third kappa shape index (κ3) is 4.88. The Morgan fingerprint density at radius 2 is 2.05 bits per heavy atom. The zero-order chi connectivity index (χ0) is 14.5. The van der Waals surface area contributed by atoms with Crippen LogP contribution in [0.3, 0.4) is 0 Å². The second-order valence-electron chi connectivity index (χ2n) is 5.24. The van der Waals surface area contributed by atoms with E-state index in [1.54, 1.807) is 6.92 Å². The first-order valence-electron chi connectivity index (χ1n) is 7.12. The number of aliphatic hydroxyl groups is 1. The molecular formula is C13H23ClN4O2S. The molecule has 1 unspecified atom stereocenters. The number of rotatable bonds is 5. The highest BCUT2D eigenvalue weighted by Crippen LogP contribution is 2.16. The number of nitrogens with zero attached hydrogens (tertiary/aromatic N) is 4. The predicted molar refractivity (Wildman–Crippen MR) is 85.2 cm³/mol. The highest BCUT2D eigenvalue weighted by molar-refractivity contribution is 7.08. The highest BCUT2D eigenvalue weighted by atomic mass is 35.5. The summed E-state index contributed by atoms with van der Waals surface area (Å²) in [5.41, 5.74) is 0.828. The normalized spacial score (nSPS) is 17.4. The maximum atomic E-state index is 12.5. The molecule has 1 aliphatic heterocycles. The number of aryl methyl sites for hydroxylation is 1. The molecule has 1 aromatic rings. The lowest BCUT2D eigenvalue weighted by Gasteiger charge is -2.35. The molecule has 0 radical (unpaired) electrons. The summed E-state index contributed by atoms with van der Waals surface area (Å²) in [7, 11) is 0. The van der Waals surface area contributed by atoms with Gasteiger partial charge in [-0.2, -0.15) is 0 Å². The van der Waals surface area contributed by atoms with Crippen LogP contribution >= 0.6 is 23.9 Å². The third-order valence-corrected chi connectivity index (χ3v) is 4.17. The fraction of sp³-hybridized carbons (Fsp3) is 0.769. The molecule has 120 valence electrons. The van der Waals surface area contributed by atoms with Gasteiger partial charge in [0.15, 0.2) is 0 Å². The lowest BCUT2D eigenvalue weighted by Crippen LogP contribution is -2.50. The van der Waals surface area contributed by atoms with Gasteiger partial charge in [0, 0.05) is 32.7 Å². The fourth-order valence-corrected chi connectivity index (χ4v) is 3.10. The van der Waals surface area contributed by atoms with Crippen LogP contribution in [0.1, 0.15) is 35.6 Å². The van der Waals surface area contributed by atoms with Gasteiger partial charge in [-0.25, -0.2) is 0 Å². The summed E-state index contributed by atoms with van der Waals surface area (Å²) in [5, 5.41) is 13.4. The lowest BCUT2D eigenvalue weighted by atomic mass is 10.2. The molecule has 1 N–H and O–H groups in total. The molecule has 6 nitrogen and oxygen atoms in total. The Balaban J connectivity index is 0.00000220. The maximum Gasteiger partial charge on any atom is 0.267 e. The molecular weight excluding hydrogens is 312 g/mol. The summed E-state index contributed by atoms with van der Waals surface area (Å²) in [6.45, 7) is 7.56. The number of aliphatic hydroxyl groups excluding tert-OH is 1. The molecule has 1 aromatic heterocycles. The highest BCUT2D eigenvalue weighted by Gasteiger charge is 2.26. The maximum absolute atomic E-state index is 12.5. The summed E-state index contributed by atoms with van der Waals surface area (Å²) in [5.74, 6) is 0.0557. The van der Waals surface area contributed by atoms with Gasteiger partial charge in [-0.3, -0.25) is 9.69 Å². The van der Waals surface area contributed by atoms with Crippen molar-refractivity contribution in [2.75, 3.05) is 32.7 Å². The molecule has 1 saturated heterocycles. The van der Waals surface area contributed by atoms with Crippen molar-refractivity contribution in [2.45, 2.75) is 32.8 Å². The van der Waals surface area contributed by atoms with E-state index >= 15 is 0 Å². The van der Waals surface area contributed by atoms with Crippen LogP contribution in [0.25, 0.3) is 0 Å².